The molecule has 26 heavy (non-hydrogen) atoms. The number of nitrogens with one attached hydrogen (secondary N) is 2. The maximum absolute atomic E-state index is 12.0. The Kier molecular flexibility index (Phi) is 7.06. The van der Waals surface area contributed by atoms with Crippen LogP contribution in [0.2, 0.25) is 0 Å². The van der Waals surface area contributed by atoms with Gasteiger partial charge in [-0.1, -0.05) is 35.9 Å². The van der Waals surface area contributed by atoms with Crippen molar-refractivity contribution in [3.8, 4) is 0 Å². The van der Waals surface area contributed by atoms with Crippen molar-refractivity contribution in [3.05, 3.63) is 65.7 Å². The van der Waals surface area contributed by atoms with Crippen LogP contribution in [0, 0.1) is 6.92 Å². The van der Waals surface area contributed by atoms with Crippen molar-refractivity contribution >= 4 is 21.7 Å². The number of Topliss-reactive ketones (excluding diaryl/α,β-unsaturated/α-hetero) is 1. The summed E-state index contributed by atoms with van der Waals surface area (Å²) in [5, 5.41) is 2.58. The van der Waals surface area contributed by atoms with Crippen LogP contribution in [0.4, 0.5) is 0 Å². The van der Waals surface area contributed by atoms with Crippen molar-refractivity contribution in [2.24, 2.45) is 0 Å². The number of carbonyl (C=O) groups excluding carboxylic acids is 2. The topological polar surface area (TPSA) is 92.3 Å². The summed E-state index contributed by atoms with van der Waals surface area (Å²) in [6, 6.07) is 15.2. The van der Waals surface area contributed by atoms with E-state index in [4.69, 9.17) is 0 Å². The van der Waals surface area contributed by atoms with Crippen LogP contribution in [0.5, 0.6) is 0 Å². The van der Waals surface area contributed by atoms with Gasteiger partial charge in [-0.2, -0.15) is 0 Å². The lowest BCUT2D eigenvalue weighted by Crippen LogP contribution is -2.30. The Labute approximate surface area is 153 Å². The van der Waals surface area contributed by atoms with Crippen LogP contribution in [0.15, 0.2) is 59.5 Å². The van der Waals surface area contributed by atoms with E-state index >= 15 is 0 Å². The molecule has 0 unspecified atom stereocenters. The first-order chi connectivity index (χ1) is 12.4. The Morgan fingerprint density at radius 1 is 1.00 bits per heavy atom. The molecular weight excluding hydrogens is 352 g/mol. The van der Waals surface area contributed by atoms with Crippen molar-refractivity contribution in [1.82, 2.24) is 10.0 Å². The molecule has 0 bridgehead atoms. The first-order valence-corrected chi connectivity index (χ1v) is 9.78. The number of aryl methyl sites for hydroxylation is 1. The summed E-state index contributed by atoms with van der Waals surface area (Å²) < 4.78 is 26.5. The van der Waals surface area contributed by atoms with Gasteiger partial charge < -0.3 is 5.32 Å². The standard InChI is InChI=1S/C19H22N2O4S/c1-15-7-5-8-16(13-15)19(23)20-14-17(22)9-6-12-21-26(24,25)18-10-3-2-4-11-18/h2-5,7-8,10-11,13,21H,6,9,12,14H2,1H3,(H,20,23). The molecule has 7 heteroatoms. The molecule has 138 valence electrons. The van der Waals surface area contributed by atoms with E-state index in [9.17, 15) is 18.0 Å². The minimum atomic E-state index is -3.56. The number of hydrogen-bond acceptors (Lipinski definition) is 4. The van der Waals surface area contributed by atoms with E-state index in [0.717, 1.165) is 5.56 Å². The highest BCUT2D eigenvalue weighted by molar-refractivity contribution is 7.89. The molecule has 2 aromatic rings. The number of benzene rings is 2. The molecule has 0 fully saturated rings. The van der Waals surface area contributed by atoms with E-state index in [1.807, 2.05) is 13.0 Å². The van der Waals surface area contributed by atoms with E-state index in [0.29, 0.717) is 12.0 Å². The average Bonchev–Trinajstić information content (AvgIpc) is 2.64. The average molecular weight is 374 g/mol. The molecule has 2 rings (SSSR count). The molecule has 1 amide bonds. The number of ketones is 1. The molecule has 0 saturated carbocycles. The maximum atomic E-state index is 12.0. The number of carbonyl (C=O) groups is 2. The molecule has 0 aliphatic rings. The van der Waals surface area contributed by atoms with Crippen LogP contribution < -0.4 is 10.0 Å². The molecule has 0 saturated heterocycles. The van der Waals surface area contributed by atoms with Gasteiger partial charge >= 0.3 is 0 Å². The predicted molar refractivity (Wildman–Crippen MR) is 99.4 cm³/mol. The smallest absolute Gasteiger partial charge is 0.251 e. The number of amides is 1. The summed E-state index contributed by atoms with van der Waals surface area (Å²) >= 11 is 0. The Morgan fingerprint density at radius 2 is 1.73 bits per heavy atom. The summed E-state index contributed by atoms with van der Waals surface area (Å²) in [4.78, 5) is 24.0. The fourth-order valence-electron chi connectivity index (χ4n) is 2.33. The SMILES string of the molecule is Cc1cccc(C(=O)NCC(=O)CCCNS(=O)(=O)c2ccccc2)c1. The van der Waals surface area contributed by atoms with E-state index < -0.39 is 10.0 Å². The first-order valence-electron chi connectivity index (χ1n) is 8.30. The Bertz CT molecular complexity index is 864. The van der Waals surface area contributed by atoms with Crippen LogP contribution in [-0.4, -0.2) is 33.2 Å². The first kappa shape index (κ1) is 19.8. The van der Waals surface area contributed by atoms with Gasteiger partial charge in [0.05, 0.1) is 11.4 Å². The molecule has 0 heterocycles. The molecule has 0 atom stereocenters. The van der Waals surface area contributed by atoms with Gasteiger partial charge in [0.2, 0.25) is 10.0 Å². The molecule has 6 nitrogen and oxygen atoms in total. The van der Waals surface area contributed by atoms with Crippen molar-refractivity contribution in [2.45, 2.75) is 24.7 Å². The van der Waals surface area contributed by atoms with Gasteiger partial charge in [-0.15, -0.1) is 0 Å². The summed E-state index contributed by atoms with van der Waals surface area (Å²) in [7, 11) is -3.56. The quantitative estimate of drug-likeness (QED) is 0.657. The predicted octanol–water partition coefficient (Wildman–Crippen LogP) is 2.05. The summed E-state index contributed by atoms with van der Waals surface area (Å²) in [5.74, 6) is -0.447. The molecular formula is C19H22N2O4S. The molecule has 0 radical (unpaired) electrons. The molecule has 2 aromatic carbocycles. The van der Waals surface area contributed by atoms with Gasteiger partial charge in [0.25, 0.3) is 5.91 Å². The monoisotopic (exact) mass is 374 g/mol. The second-order valence-corrected chi connectivity index (χ2v) is 7.67. The second-order valence-electron chi connectivity index (χ2n) is 5.91. The van der Waals surface area contributed by atoms with Gasteiger partial charge in [0.1, 0.15) is 0 Å². The van der Waals surface area contributed by atoms with Crippen LogP contribution in [0.3, 0.4) is 0 Å². The maximum Gasteiger partial charge on any atom is 0.251 e. The molecule has 0 aliphatic carbocycles. The molecule has 0 spiro atoms. The minimum absolute atomic E-state index is 0.0712. The third kappa shape index (κ3) is 6.09. The van der Waals surface area contributed by atoms with E-state index in [1.54, 1.807) is 36.4 Å². The van der Waals surface area contributed by atoms with Crippen LogP contribution in [0.1, 0.15) is 28.8 Å². The zero-order valence-electron chi connectivity index (χ0n) is 14.6. The summed E-state index contributed by atoms with van der Waals surface area (Å²) in [5.41, 5.74) is 1.48. The minimum Gasteiger partial charge on any atom is -0.345 e. The highest BCUT2D eigenvalue weighted by Gasteiger charge is 2.13. The summed E-state index contributed by atoms with van der Waals surface area (Å²) in [6.45, 7) is 1.98. The normalized spacial score (nSPS) is 11.1. The van der Waals surface area contributed by atoms with E-state index in [1.165, 1.54) is 12.1 Å². The largest absolute Gasteiger partial charge is 0.345 e. The third-order valence-electron chi connectivity index (χ3n) is 3.70. The molecule has 0 aliphatic heterocycles. The summed E-state index contributed by atoms with van der Waals surface area (Å²) in [6.07, 6.45) is 0.552. The zero-order valence-corrected chi connectivity index (χ0v) is 15.4. The zero-order chi connectivity index (χ0) is 19.0. The van der Waals surface area contributed by atoms with Gasteiger partial charge in [-0.3, -0.25) is 9.59 Å². The second kappa shape index (κ2) is 9.26. The van der Waals surface area contributed by atoms with Crippen LogP contribution >= 0.6 is 0 Å². The van der Waals surface area contributed by atoms with Crippen molar-refractivity contribution in [1.29, 1.82) is 0 Å². The van der Waals surface area contributed by atoms with Crippen LogP contribution in [-0.2, 0) is 14.8 Å². The van der Waals surface area contributed by atoms with Gasteiger partial charge in [0.15, 0.2) is 5.78 Å². The van der Waals surface area contributed by atoms with Crippen molar-refractivity contribution < 1.29 is 18.0 Å². The highest BCUT2D eigenvalue weighted by atomic mass is 32.2. The lowest BCUT2D eigenvalue weighted by atomic mass is 10.1. The van der Waals surface area contributed by atoms with Crippen molar-refractivity contribution in [3.63, 3.8) is 0 Å². The van der Waals surface area contributed by atoms with E-state index in [2.05, 4.69) is 10.0 Å². The van der Waals surface area contributed by atoms with Crippen molar-refractivity contribution in [2.75, 3.05) is 13.1 Å². The fourth-order valence-corrected chi connectivity index (χ4v) is 3.43. The van der Waals surface area contributed by atoms with Gasteiger partial charge in [-0.05, 0) is 37.6 Å². The van der Waals surface area contributed by atoms with Gasteiger partial charge in [-0.25, -0.2) is 13.1 Å². The Hall–Kier alpha value is -2.51. The highest BCUT2D eigenvalue weighted by Crippen LogP contribution is 2.07. The number of sulfonamides is 1. The fraction of sp³-hybridized carbons (Fsp3) is 0.263. The molecule has 2 N–H and O–H groups in total. The Morgan fingerprint density at radius 3 is 2.42 bits per heavy atom. The third-order valence-corrected chi connectivity index (χ3v) is 5.18. The van der Waals surface area contributed by atoms with E-state index in [-0.39, 0.29) is 36.1 Å². The van der Waals surface area contributed by atoms with Crippen LogP contribution in [0.25, 0.3) is 0 Å². The lowest BCUT2D eigenvalue weighted by Gasteiger charge is -2.07. The number of hydrogen-bond donors (Lipinski definition) is 2. The van der Waals surface area contributed by atoms with Gasteiger partial charge in [0, 0.05) is 18.5 Å². The Balaban J connectivity index is 1.70. The lowest BCUT2D eigenvalue weighted by molar-refractivity contribution is -0.118. The molecule has 0 aromatic heterocycles. The number of rotatable bonds is 9.